The molecule has 128 valence electrons. The first-order chi connectivity index (χ1) is 11.0. The molecule has 0 atom stereocenters. The minimum atomic E-state index is -0.689. The van der Waals surface area contributed by atoms with Crippen LogP contribution in [0, 0.1) is 10.8 Å². The zero-order valence-electron chi connectivity index (χ0n) is 15.0. The topological polar surface area (TPSA) is 65.0 Å². The fourth-order valence-electron chi connectivity index (χ4n) is 1.96. The van der Waals surface area contributed by atoms with Gasteiger partial charge < -0.3 is 9.47 Å². The number of ether oxygens (including phenoxy) is 2. The molecule has 0 radical (unpaired) electrons. The molecule has 0 aromatic heterocycles. The van der Waals surface area contributed by atoms with Gasteiger partial charge in [0.1, 0.15) is 5.76 Å². The van der Waals surface area contributed by atoms with E-state index in [2.05, 4.69) is 4.99 Å². The molecule has 1 aliphatic heterocycles. The van der Waals surface area contributed by atoms with E-state index >= 15 is 0 Å². The molecule has 0 fully saturated rings. The van der Waals surface area contributed by atoms with Crippen molar-refractivity contribution < 1.29 is 19.1 Å². The van der Waals surface area contributed by atoms with Crippen molar-refractivity contribution in [3.63, 3.8) is 0 Å². The van der Waals surface area contributed by atoms with Crippen molar-refractivity contribution in [1.29, 1.82) is 0 Å². The predicted molar refractivity (Wildman–Crippen MR) is 91.1 cm³/mol. The van der Waals surface area contributed by atoms with Crippen molar-refractivity contribution in [3.8, 4) is 0 Å². The number of allylic oxidation sites excluding steroid dienone is 1. The van der Waals surface area contributed by atoms with E-state index in [9.17, 15) is 9.59 Å². The molecular formula is C19H23NO4. The van der Waals surface area contributed by atoms with Gasteiger partial charge in [0.2, 0.25) is 5.90 Å². The number of hydrogen-bond acceptors (Lipinski definition) is 5. The summed E-state index contributed by atoms with van der Waals surface area (Å²) in [5.74, 6) is -0.598. The van der Waals surface area contributed by atoms with E-state index in [1.807, 2.05) is 39.0 Å². The van der Waals surface area contributed by atoms with Crippen LogP contribution in [0.3, 0.4) is 0 Å². The lowest BCUT2D eigenvalue weighted by molar-refractivity contribution is -0.150. The van der Waals surface area contributed by atoms with Gasteiger partial charge in [-0.3, -0.25) is 4.79 Å². The van der Waals surface area contributed by atoms with E-state index in [1.165, 1.54) is 0 Å². The van der Waals surface area contributed by atoms with Crippen LogP contribution in [0.25, 0.3) is 0 Å². The molecule has 1 aliphatic rings. The lowest BCUT2D eigenvalue weighted by atomic mass is 9.91. The Kier molecular flexibility index (Phi) is 4.65. The first-order valence-corrected chi connectivity index (χ1v) is 7.83. The number of hydrogen-bond donors (Lipinski definition) is 0. The van der Waals surface area contributed by atoms with Crippen molar-refractivity contribution in [1.82, 2.24) is 0 Å². The van der Waals surface area contributed by atoms with Crippen molar-refractivity contribution in [2.24, 2.45) is 15.8 Å². The Labute approximate surface area is 142 Å². The van der Waals surface area contributed by atoms with Gasteiger partial charge in [-0.25, -0.2) is 9.79 Å². The lowest BCUT2D eigenvalue weighted by Crippen LogP contribution is -2.27. The maximum Gasteiger partial charge on any atom is 0.367 e. The van der Waals surface area contributed by atoms with Gasteiger partial charge >= 0.3 is 11.9 Å². The summed E-state index contributed by atoms with van der Waals surface area (Å²) in [6.07, 6.45) is 0. The molecular weight excluding hydrogens is 306 g/mol. The van der Waals surface area contributed by atoms with Gasteiger partial charge in [-0.15, -0.1) is 0 Å². The molecule has 0 unspecified atom stereocenters. The highest BCUT2D eigenvalue weighted by atomic mass is 16.6. The van der Waals surface area contributed by atoms with Crippen molar-refractivity contribution in [2.75, 3.05) is 0 Å². The first kappa shape index (κ1) is 17.9. The molecule has 0 bridgehead atoms. The lowest BCUT2D eigenvalue weighted by Gasteiger charge is -2.25. The molecule has 5 nitrogen and oxygen atoms in total. The van der Waals surface area contributed by atoms with Gasteiger partial charge in [0.25, 0.3) is 0 Å². The van der Waals surface area contributed by atoms with Crippen LogP contribution in [-0.4, -0.2) is 17.8 Å². The maximum absolute atomic E-state index is 12.3. The van der Waals surface area contributed by atoms with Gasteiger partial charge in [-0.05, 0) is 32.9 Å². The summed E-state index contributed by atoms with van der Waals surface area (Å²) >= 11 is 0. The highest BCUT2D eigenvalue weighted by molar-refractivity contribution is 6.11. The quantitative estimate of drug-likeness (QED) is 0.470. The summed E-state index contributed by atoms with van der Waals surface area (Å²) < 4.78 is 10.8. The van der Waals surface area contributed by atoms with Crippen LogP contribution >= 0.6 is 0 Å². The molecule has 0 saturated carbocycles. The number of cyclic esters (lactones) is 1. The number of esters is 2. The Balaban J connectivity index is 2.48. The number of nitrogens with zero attached hydrogens (tertiary/aromatic N) is 1. The average molecular weight is 329 g/mol. The summed E-state index contributed by atoms with van der Waals surface area (Å²) in [7, 11) is 0. The van der Waals surface area contributed by atoms with Crippen LogP contribution in [0.5, 0.6) is 0 Å². The molecule has 0 aliphatic carbocycles. The number of aliphatic imine (C=N–C) groups is 1. The molecule has 0 amide bonds. The third kappa shape index (κ3) is 3.91. The summed E-state index contributed by atoms with van der Waals surface area (Å²) in [6.45, 7) is 10.8. The predicted octanol–water partition coefficient (Wildman–Crippen LogP) is 3.84. The number of carbonyl (C=O) groups excluding carboxylic acids is 2. The summed E-state index contributed by atoms with van der Waals surface area (Å²) in [6, 6.07) is 9.12. The molecule has 0 N–H and O–H groups in total. The van der Waals surface area contributed by atoms with E-state index in [0.717, 1.165) is 0 Å². The van der Waals surface area contributed by atoms with E-state index in [0.29, 0.717) is 5.56 Å². The van der Waals surface area contributed by atoms with Gasteiger partial charge in [0.05, 0.1) is 5.41 Å². The Bertz CT molecular complexity index is 716. The number of rotatable bonds is 2. The monoisotopic (exact) mass is 329 g/mol. The highest BCUT2D eigenvalue weighted by Crippen LogP contribution is 2.34. The molecule has 0 saturated heterocycles. The normalized spacial score (nSPS) is 17.2. The van der Waals surface area contributed by atoms with Crippen LogP contribution in [0.4, 0.5) is 0 Å². The number of benzene rings is 1. The Morgan fingerprint density at radius 1 is 1.00 bits per heavy atom. The van der Waals surface area contributed by atoms with Crippen LogP contribution < -0.4 is 0 Å². The van der Waals surface area contributed by atoms with Gasteiger partial charge in [0.15, 0.2) is 5.70 Å². The Morgan fingerprint density at radius 3 is 2.08 bits per heavy atom. The second-order valence-corrected chi connectivity index (χ2v) is 7.74. The van der Waals surface area contributed by atoms with Gasteiger partial charge in [0, 0.05) is 11.0 Å². The summed E-state index contributed by atoms with van der Waals surface area (Å²) in [5.41, 5.74) is -0.536. The summed E-state index contributed by atoms with van der Waals surface area (Å²) in [4.78, 5) is 28.9. The zero-order chi connectivity index (χ0) is 18.1. The summed E-state index contributed by atoms with van der Waals surface area (Å²) in [5, 5.41) is 0. The van der Waals surface area contributed by atoms with Crippen molar-refractivity contribution in [3.05, 3.63) is 47.4 Å². The van der Waals surface area contributed by atoms with Crippen molar-refractivity contribution >= 4 is 17.8 Å². The second-order valence-electron chi connectivity index (χ2n) is 7.74. The van der Waals surface area contributed by atoms with Crippen LogP contribution in [0.15, 0.2) is 46.8 Å². The van der Waals surface area contributed by atoms with E-state index in [4.69, 9.17) is 9.47 Å². The van der Waals surface area contributed by atoms with Gasteiger partial charge in [-0.2, -0.15) is 0 Å². The second kappa shape index (κ2) is 6.23. The molecule has 5 heteroatoms. The highest BCUT2D eigenvalue weighted by Gasteiger charge is 2.36. The van der Waals surface area contributed by atoms with E-state index in [-0.39, 0.29) is 17.4 Å². The zero-order valence-corrected chi connectivity index (χ0v) is 15.0. The molecule has 1 heterocycles. The van der Waals surface area contributed by atoms with Crippen LogP contribution in [-0.2, 0) is 19.1 Å². The fraction of sp³-hybridized carbons (Fsp3) is 0.421. The van der Waals surface area contributed by atoms with Gasteiger partial charge in [-0.1, -0.05) is 39.0 Å². The van der Waals surface area contributed by atoms with Crippen molar-refractivity contribution in [2.45, 2.75) is 41.5 Å². The average Bonchev–Trinajstić information content (AvgIpc) is 2.85. The largest absolute Gasteiger partial charge is 0.428 e. The number of carbonyl (C=O) groups is 2. The Hall–Kier alpha value is -2.43. The molecule has 0 spiro atoms. The van der Waals surface area contributed by atoms with E-state index < -0.39 is 22.8 Å². The maximum atomic E-state index is 12.3. The van der Waals surface area contributed by atoms with E-state index in [1.54, 1.807) is 32.9 Å². The standard InChI is InChI=1S/C19H23NO4/c1-18(2,3)14(23-17(22)19(4,5)6)13-16(21)24-15(20-13)12-10-8-7-9-11-12/h7-11H,1-6H3. The third-order valence-corrected chi connectivity index (χ3v) is 3.32. The van der Waals surface area contributed by atoms with Crippen LogP contribution in [0.1, 0.15) is 47.1 Å². The third-order valence-electron chi connectivity index (χ3n) is 3.32. The minimum absolute atomic E-state index is 0.0407. The first-order valence-electron chi connectivity index (χ1n) is 7.83. The smallest absolute Gasteiger partial charge is 0.367 e. The Morgan fingerprint density at radius 2 is 1.58 bits per heavy atom. The molecule has 2 rings (SSSR count). The minimum Gasteiger partial charge on any atom is -0.428 e. The SMILES string of the molecule is CC(C)(C)C(=O)OC(=C1N=C(c2ccccc2)OC1=O)C(C)(C)C. The van der Waals surface area contributed by atoms with Crippen LogP contribution in [0.2, 0.25) is 0 Å². The fourth-order valence-corrected chi connectivity index (χ4v) is 1.96. The molecule has 1 aromatic rings. The molecule has 1 aromatic carbocycles. The molecule has 24 heavy (non-hydrogen) atoms.